The summed E-state index contributed by atoms with van der Waals surface area (Å²) in [5.41, 5.74) is 2.38. The third-order valence-electron chi connectivity index (χ3n) is 6.02. The highest BCUT2D eigenvalue weighted by Crippen LogP contribution is 2.28. The second-order valence-electron chi connectivity index (χ2n) is 8.71. The van der Waals surface area contributed by atoms with Crippen LogP contribution in [0.1, 0.15) is 48.5 Å². The zero-order valence-corrected chi connectivity index (χ0v) is 19.7. The molecule has 10 heteroatoms. The zero-order valence-electron chi connectivity index (χ0n) is 19.7. The number of aromatic nitrogens is 4. The Hall–Kier alpha value is -4.34. The lowest BCUT2D eigenvalue weighted by molar-refractivity contribution is -0.114. The van der Waals surface area contributed by atoms with Gasteiger partial charge in [0.25, 0.3) is 5.91 Å². The maximum absolute atomic E-state index is 14.6. The minimum Gasteiger partial charge on any atom is -0.490 e. The van der Waals surface area contributed by atoms with Gasteiger partial charge in [-0.15, -0.1) is 0 Å². The van der Waals surface area contributed by atoms with E-state index in [9.17, 15) is 14.0 Å². The molecule has 36 heavy (non-hydrogen) atoms. The number of anilines is 1. The predicted molar refractivity (Wildman–Crippen MR) is 131 cm³/mol. The van der Waals surface area contributed by atoms with E-state index in [0.717, 1.165) is 25.7 Å². The van der Waals surface area contributed by atoms with E-state index in [1.807, 2.05) is 0 Å². The van der Waals surface area contributed by atoms with Crippen LogP contribution in [0.2, 0.25) is 0 Å². The van der Waals surface area contributed by atoms with Crippen LogP contribution in [0.5, 0.6) is 5.75 Å². The lowest BCUT2D eigenvalue weighted by Gasteiger charge is -2.17. The van der Waals surface area contributed by atoms with Gasteiger partial charge in [-0.25, -0.2) is 13.9 Å². The molecule has 0 radical (unpaired) electrons. The summed E-state index contributed by atoms with van der Waals surface area (Å²) in [6.07, 6.45) is 8.84. The average Bonchev–Trinajstić information content (AvgIpc) is 3.52. The number of nitrogens with zero attached hydrogens (tertiary/aromatic N) is 4. The van der Waals surface area contributed by atoms with Crippen molar-refractivity contribution in [2.75, 3.05) is 5.32 Å². The zero-order chi connectivity index (χ0) is 25.1. The highest BCUT2D eigenvalue weighted by molar-refractivity contribution is 5.95. The molecular formula is C26H25FN6O3. The van der Waals surface area contributed by atoms with E-state index >= 15 is 0 Å². The van der Waals surface area contributed by atoms with Crippen molar-refractivity contribution in [2.45, 2.75) is 45.3 Å². The molecule has 1 saturated carbocycles. The largest absolute Gasteiger partial charge is 0.490 e. The number of pyridine rings is 1. The Morgan fingerprint density at radius 3 is 2.81 bits per heavy atom. The topological polar surface area (TPSA) is 111 Å². The standard InChI is InChI=1S/C26H25FN6O3/c1-16(34)30-24-15-33-25(31-24)10-9-22(32-33)17-11-18(13-28-12-17)26(35)29-14-20-21(27)7-4-8-23(20)36-19-5-2-3-6-19/h4,7-13,15,19H,2-3,5-6,14H2,1H3,(H,29,35)(H,30,34). The van der Waals surface area contributed by atoms with Gasteiger partial charge in [0.15, 0.2) is 11.5 Å². The van der Waals surface area contributed by atoms with Gasteiger partial charge >= 0.3 is 0 Å². The summed E-state index contributed by atoms with van der Waals surface area (Å²) in [5, 5.41) is 9.90. The van der Waals surface area contributed by atoms with E-state index in [1.54, 1.807) is 42.7 Å². The summed E-state index contributed by atoms with van der Waals surface area (Å²) in [6.45, 7) is 1.39. The number of benzene rings is 1. The van der Waals surface area contributed by atoms with Crippen LogP contribution in [0.15, 0.2) is 55.0 Å². The number of rotatable bonds is 7. The molecule has 9 nitrogen and oxygen atoms in total. The van der Waals surface area contributed by atoms with Crippen LogP contribution in [0.3, 0.4) is 0 Å². The number of halogens is 1. The number of hydrogen-bond acceptors (Lipinski definition) is 6. The lowest BCUT2D eigenvalue weighted by Crippen LogP contribution is -2.24. The molecule has 0 unspecified atom stereocenters. The molecule has 0 saturated heterocycles. The number of ether oxygens (including phenoxy) is 1. The van der Waals surface area contributed by atoms with Crippen molar-refractivity contribution in [1.29, 1.82) is 0 Å². The number of fused-ring (bicyclic) bond motifs is 1. The fourth-order valence-electron chi connectivity index (χ4n) is 4.26. The fraction of sp³-hybridized carbons (Fsp3) is 0.269. The van der Waals surface area contributed by atoms with E-state index in [0.29, 0.717) is 39.6 Å². The maximum Gasteiger partial charge on any atom is 0.253 e. The fourth-order valence-corrected chi connectivity index (χ4v) is 4.26. The summed E-state index contributed by atoms with van der Waals surface area (Å²) in [7, 11) is 0. The monoisotopic (exact) mass is 488 g/mol. The molecule has 1 aliphatic carbocycles. The van der Waals surface area contributed by atoms with Gasteiger partial charge in [0, 0.05) is 37.0 Å². The second-order valence-corrected chi connectivity index (χ2v) is 8.71. The first-order valence-corrected chi connectivity index (χ1v) is 11.8. The number of hydrogen-bond donors (Lipinski definition) is 2. The third-order valence-corrected chi connectivity index (χ3v) is 6.02. The molecule has 0 aliphatic heterocycles. The molecule has 1 aliphatic rings. The summed E-state index contributed by atoms with van der Waals surface area (Å²) < 4.78 is 22.1. The van der Waals surface area contributed by atoms with Crippen LogP contribution in [0, 0.1) is 5.82 Å². The SMILES string of the molecule is CC(=O)Nc1cn2nc(-c3cncc(C(=O)NCc4c(F)cccc4OC4CCCC4)c3)ccc2n1. The molecule has 3 heterocycles. The number of amides is 2. The van der Waals surface area contributed by atoms with Gasteiger partial charge in [0.1, 0.15) is 11.6 Å². The van der Waals surface area contributed by atoms with Crippen LogP contribution < -0.4 is 15.4 Å². The van der Waals surface area contributed by atoms with Gasteiger partial charge in [0.05, 0.1) is 23.6 Å². The molecule has 2 amide bonds. The summed E-state index contributed by atoms with van der Waals surface area (Å²) in [4.78, 5) is 32.6. The van der Waals surface area contributed by atoms with Gasteiger partial charge in [-0.3, -0.25) is 14.6 Å². The molecule has 1 aromatic carbocycles. The molecule has 4 aromatic rings. The molecule has 1 fully saturated rings. The minimum atomic E-state index is -0.422. The highest BCUT2D eigenvalue weighted by atomic mass is 19.1. The predicted octanol–water partition coefficient (Wildman–Crippen LogP) is 4.14. The van der Waals surface area contributed by atoms with Gasteiger partial charge in [0.2, 0.25) is 5.91 Å². The molecular weight excluding hydrogens is 463 g/mol. The Morgan fingerprint density at radius 1 is 1.17 bits per heavy atom. The van der Waals surface area contributed by atoms with Gasteiger partial charge in [-0.1, -0.05) is 6.07 Å². The third kappa shape index (κ3) is 5.17. The van der Waals surface area contributed by atoms with E-state index in [-0.39, 0.29) is 18.6 Å². The number of imidazole rings is 1. The normalized spacial score (nSPS) is 13.6. The molecule has 2 N–H and O–H groups in total. The number of carbonyl (C=O) groups excluding carboxylic acids is 2. The minimum absolute atomic E-state index is 0.0110. The maximum atomic E-state index is 14.6. The van der Waals surface area contributed by atoms with E-state index in [4.69, 9.17) is 4.74 Å². The van der Waals surface area contributed by atoms with Crippen LogP contribution >= 0.6 is 0 Å². The molecule has 5 rings (SSSR count). The van der Waals surface area contributed by atoms with Gasteiger partial charge in [-0.2, -0.15) is 5.10 Å². The Labute approximate surface area is 206 Å². The van der Waals surface area contributed by atoms with Crippen LogP contribution in [0.25, 0.3) is 16.9 Å². The lowest BCUT2D eigenvalue weighted by atomic mass is 10.1. The average molecular weight is 489 g/mol. The second kappa shape index (κ2) is 10.1. The molecule has 0 atom stereocenters. The summed E-state index contributed by atoms with van der Waals surface area (Å²) in [5.74, 6) is -0.187. The summed E-state index contributed by atoms with van der Waals surface area (Å²) >= 11 is 0. The van der Waals surface area contributed by atoms with Crippen molar-refractivity contribution in [3.63, 3.8) is 0 Å². The van der Waals surface area contributed by atoms with Crippen molar-refractivity contribution >= 4 is 23.3 Å². The Kier molecular flexibility index (Phi) is 6.57. The van der Waals surface area contributed by atoms with Crippen molar-refractivity contribution < 1.29 is 18.7 Å². The van der Waals surface area contributed by atoms with Crippen molar-refractivity contribution in [2.24, 2.45) is 0 Å². The quantitative estimate of drug-likeness (QED) is 0.405. The van der Waals surface area contributed by atoms with Crippen molar-refractivity contribution in [3.8, 4) is 17.0 Å². The number of nitrogens with one attached hydrogen (secondary N) is 2. The molecule has 0 spiro atoms. The molecule has 184 valence electrons. The first-order chi connectivity index (χ1) is 17.5. The first kappa shape index (κ1) is 23.4. The molecule has 3 aromatic heterocycles. The van der Waals surface area contributed by atoms with E-state index < -0.39 is 11.7 Å². The number of carbonyl (C=O) groups is 2. The smallest absolute Gasteiger partial charge is 0.253 e. The van der Waals surface area contributed by atoms with Crippen LogP contribution in [-0.2, 0) is 11.3 Å². The van der Waals surface area contributed by atoms with Gasteiger partial charge < -0.3 is 15.4 Å². The first-order valence-electron chi connectivity index (χ1n) is 11.8. The Balaban J connectivity index is 1.31. The Bertz CT molecular complexity index is 1430. The van der Waals surface area contributed by atoms with E-state index in [1.165, 1.54) is 23.7 Å². The van der Waals surface area contributed by atoms with Crippen molar-refractivity contribution in [1.82, 2.24) is 24.9 Å². The van der Waals surface area contributed by atoms with E-state index in [2.05, 4.69) is 25.7 Å². The van der Waals surface area contributed by atoms with Crippen molar-refractivity contribution in [3.05, 3.63) is 71.9 Å². The van der Waals surface area contributed by atoms with Crippen LogP contribution in [-0.4, -0.2) is 37.5 Å². The molecule has 0 bridgehead atoms. The Morgan fingerprint density at radius 2 is 2.00 bits per heavy atom. The van der Waals surface area contributed by atoms with Gasteiger partial charge in [-0.05, 0) is 56.0 Å². The van der Waals surface area contributed by atoms with Crippen LogP contribution in [0.4, 0.5) is 10.2 Å². The highest BCUT2D eigenvalue weighted by Gasteiger charge is 2.20. The summed E-state index contributed by atoms with van der Waals surface area (Å²) in [6, 6.07) is 9.89.